The first-order valence-electron chi connectivity index (χ1n) is 8.51. The number of nitrogens with zero attached hydrogens (tertiary/aromatic N) is 1. The van der Waals surface area contributed by atoms with E-state index >= 15 is 0 Å². The minimum absolute atomic E-state index is 0.154. The SMILES string of the molecule is CCCCCCCCCCNc1ncccc1C(=O)CC. The Labute approximate surface area is 129 Å². The molecular weight excluding hydrogens is 260 g/mol. The van der Waals surface area contributed by atoms with Crippen LogP contribution in [0.3, 0.4) is 0 Å². The zero-order chi connectivity index (χ0) is 15.3. The molecule has 0 atom stereocenters. The summed E-state index contributed by atoms with van der Waals surface area (Å²) in [5.74, 6) is 0.897. The molecule has 0 saturated carbocycles. The Kier molecular flexibility index (Phi) is 9.51. The summed E-state index contributed by atoms with van der Waals surface area (Å²) >= 11 is 0. The number of unbranched alkanes of at least 4 members (excludes halogenated alkanes) is 7. The fourth-order valence-corrected chi connectivity index (χ4v) is 2.43. The minimum Gasteiger partial charge on any atom is -0.369 e. The molecule has 1 aromatic heterocycles. The normalized spacial score (nSPS) is 10.6. The molecule has 0 fully saturated rings. The van der Waals surface area contributed by atoms with Crippen molar-refractivity contribution < 1.29 is 4.79 Å². The summed E-state index contributed by atoms with van der Waals surface area (Å²) < 4.78 is 0. The van der Waals surface area contributed by atoms with Crippen LogP contribution in [0.25, 0.3) is 0 Å². The van der Waals surface area contributed by atoms with Crippen LogP contribution >= 0.6 is 0 Å². The van der Waals surface area contributed by atoms with Crippen LogP contribution in [0.15, 0.2) is 18.3 Å². The molecule has 3 nitrogen and oxygen atoms in total. The van der Waals surface area contributed by atoms with Crippen molar-refractivity contribution in [1.29, 1.82) is 0 Å². The Bertz CT molecular complexity index is 404. The number of rotatable bonds is 12. The molecule has 0 aliphatic rings. The molecule has 0 amide bonds. The molecule has 0 radical (unpaired) electrons. The van der Waals surface area contributed by atoms with Crippen molar-refractivity contribution in [2.24, 2.45) is 0 Å². The van der Waals surface area contributed by atoms with Gasteiger partial charge in [-0.1, -0.05) is 58.8 Å². The van der Waals surface area contributed by atoms with E-state index in [1.165, 1.54) is 44.9 Å². The summed E-state index contributed by atoms with van der Waals surface area (Å²) in [7, 11) is 0. The molecule has 118 valence electrons. The highest BCUT2D eigenvalue weighted by Crippen LogP contribution is 2.14. The zero-order valence-electron chi connectivity index (χ0n) is 13.7. The highest BCUT2D eigenvalue weighted by atomic mass is 16.1. The van der Waals surface area contributed by atoms with E-state index in [4.69, 9.17) is 0 Å². The van der Waals surface area contributed by atoms with Gasteiger partial charge in [-0.05, 0) is 18.6 Å². The van der Waals surface area contributed by atoms with Gasteiger partial charge in [-0.2, -0.15) is 0 Å². The van der Waals surface area contributed by atoms with E-state index < -0.39 is 0 Å². The first-order chi connectivity index (χ1) is 10.3. The first kappa shape index (κ1) is 17.7. The number of Topliss-reactive ketones (excluding diaryl/α,β-unsaturated/α-hetero) is 1. The second-order valence-corrected chi connectivity index (χ2v) is 5.58. The predicted molar refractivity (Wildman–Crippen MR) is 90.0 cm³/mol. The fourth-order valence-electron chi connectivity index (χ4n) is 2.43. The predicted octanol–water partition coefficient (Wildman–Crippen LogP) is 5.23. The molecule has 1 aromatic rings. The molecule has 0 unspecified atom stereocenters. The summed E-state index contributed by atoms with van der Waals surface area (Å²) in [6.07, 6.45) is 12.8. The van der Waals surface area contributed by atoms with E-state index in [9.17, 15) is 4.79 Å². The molecule has 1 N–H and O–H groups in total. The monoisotopic (exact) mass is 290 g/mol. The Morgan fingerprint density at radius 1 is 1.05 bits per heavy atom. The van der Waals surface area contributed by atoms with Crippen LogP contribution in [-0.2, 0) is 0 Å². The van der Waals surface area contributed by atoms with Gasteiger partial charge in [-0.25, -0.2) is 4.98 Å². The van der Waals surface area contributed by atoms with Gasteiger partial charge < -0.3 is 5.32 Å². The smallest absolute Gasteiger partial charge is 0.166 e. The van der Waals surface area contributed by atoms with Crippen LogP contribution in [0.4, 0.5) is 5.82 Å². The van der Waals surface area contributed by atoms with Crippen LogP contribution in [0.5, 0.6) is 0 Å². The maximum atomic E-state index is 11.8. The van der Waals surface area contributed by atoms with Crippen molar-refractivity contribution in [3.8, 4) is 0 Å². The number of carbonyl (C=O) groups is 1. The lowest BCUT2D eigenvalue weighted by atomic mass is 10.1. The van der Waals surface area contributed by atoms with Gasteiger partial charge in [-0.15, -0.1) is 0 Å². The number of carbonyl (C=O) groups excluding carboxylic acids is 1. The van der Waals surface area contributed by atoms with Crippen LogP contribution in [-0.4, -0.2) is 17.3 Å². The molecule has 0 bridgehead atoms. The van der Waals surface area contributed by atoms with E-state index in [2.05, 4.69) is 17.2 Å². The molecule has 3 heteroatoms. The maximum absolute atomic E-state index is 11.8. The number of nitrogens with one attached hydrogen (secondary N) is 1. The zero-order valence-corrected chi connectivity index (χ0v) is 13.7. The van der Waals surface area contributed by atoms with E-state index in [0.29, 0.717) is 6.42 Å². The van der Waals surface area contributed by atoms with E-state index in [0.717, 1.165) is 24.3 Å². The Morgan fingerprint density at radius 2 is 1.71 bits per heavy atom. The van der Waals surface area contributed by atoms with Crippen molar-refractivity contribution >= 4 is 11.6 Å². The molecule has 0 spiro atoms. The third-order valence-corrected chi connectivity index (χ3v) is 3.75. The third-order valence-electron chi connectivity index (χ3n) is 3.75. The highest BCUT2D eigenvalue weighted by Gasteiger charge is 2.09. The first-order valence-corrected chi connectivity index (χ1v) is 8.51. The average Bonchev–Trinajstić information content (AvgIpc) is 2.53. The van der Waals surface area contributed by atoms with Gasteiger partial charge >= 0.3 is 0 Å². The van der Waals surface area contributed by atoms with Crippen molar-refractivity contribution in [3.05, 3.63) is 23.9 Å². The molecule has 1 rings (SSSR count). The van der Waals surface area contributed by atoms with Gasteiger partial charge in [0.05, 0.1) is 5.56 Å². The van der Waals surface area contributed by atoms with E-state index in [1.54, 1.807) is 6.20 Å². The quantitative estimate of drug-likeness (QED) is 0.423. The van der Waals surface area contributed by atoms with Gasteiger partial charge in [0.25, 0.3) is 0 Å². The highest BCUT2D eigenvalue weighted by molar-refractivity contribution is 6.00. The molecule has 1 heterocycles. The third kappa shape index (κ3) is 7.26. The summed E-state index contributed by atoms with van der Waals surface area (Å²) in [6.45, 7) is 5.04. The van der Waals surface area contributed by atoms with Gasteiger partial charge in [0, 0.05) is 19.2 Å². The molecule has 0 saturated heterocycles. The van der Waals surface area contributed by atoms with Crippen molar-refractivity contribution in [3.63, 3.8) is 0 Å². The Balaban J connectivity index is 2.17. The van der Waals surface area contributed by atoms with E-state index in [-0.39, 0.29) is 5.78 Å². The van der Waals surface area contributed by atoms with Gasteiger partial charge in [0.1, 0.15) is 5.82 Å². The van der Waals surface area contributed by atoms with E-state index in [1.807, 2.05) is 19.1 Å². The molecular formula is C18H30N2O. The summed E-state index contributed by atoms with van der Waals surface area (Å²) in [5.41, 5.74) is 0.722. The fraction of sp³-hybridized carbons (Fsp3) is 0.667. The number of aromatic nitrogens is 1. The summed E-state index contributed by atoms with van der Waals surface area (Å²) in [4.78, 5) is 16.1. The van der Waals surface area contributed by atoms with Crippen LogP contribution in [0.2, 0.25) is 0 Å². The van der Waals surface area contributed by atoms with Gasteiger partial charge in [0.2, 0.25) is 0 Å². The number of hydrogen-bond acceptors (Lipinski definition) is 3. The maximum Gasteiger partial charge on any atom is 0.166 e. The lowest BCUT2D eigenvalue weighted by molar-refractivity contribution is 0.0988. The number of anilines is 1. The molecule has 21 heavy (non-hydrogen) atoms. The van der Waals surface area contributed by atoms with Gasteiger partial charge in [0.15, 0.2) is 5.78 Å². The molecule has 0 aliphatic heterocycles. The van der Waals surface area contributed by atoms with Crippen molar-refractivity contribution in [2.75, 3.05) is 11.9 Å². The lowest BCUT2D eigenvalue weighted by Crippen LogP contribution is -2.09. The Morgan fingerprint density at radius 3 is 2.38 bits per heavy atom. The number of ketones is 1. The van der Waals surface area contributed by atoms with Crippen LogP contribution in [0.1, 0.15) is 82.0 Å². The standard InChI is InChI=1S/C18H30N2O/c1-3-5-6-7-8-9-10-11-14-19-18-16(17(21)4-2)13-12-15-20-18/h12-13,15H,3-11,14H2,1-2H3,(H,19,20). The van der Waals surface area contributed by atoms with Gasteiger partial charge in [-0.3, -0.25) is 4.79 Å². The molecule has 0 aliphatic carbocycles. The number of hydrogen-bond donors (Lipinski definition) is 1. The molecule has 0 aromatic carbocycles. The second kappa shape index (κ2) is 11.3. The largest absolute Gasteiger partial charge is 0.369 e. The Hall–Kier alpha value is -1.38. The van der Waals surface area contributed by atoms with Crippen molar-refractivity contribution in [1.82, 2.24) is 4.98 Å². The van der Waals surface area contributed by atoms with Crippen molar-refractivity contribution in [2.45, 2.75) is 71.6 Å². The number of pyridine rings is 1. The summed E-state index contributed by atoms with van der Waals surface area (Å²) in [6, 6.07) is 3.68. The summed E-state index contributed by atoms with van der Waals surface area (Å²) in [5, 5.41) is 3.31. The second-order valence-electron chi connectivity index (χ2n) is 5.58. The topological polar surface area (TPSA) is 42.0 Å². The van der Waals surface area contributed by atoms with Crippen LogP contribution < -0.4 is 5.32 Å². The lowest BCUT2D eigenvalue weighted by Gasteiger charge is -2.09. The van der Waals surface area contributed by atoms with Crippen LogP contribution in [0, 0.1) is 0 Å². The minimum atomic E-state index is 0.154. The average molecular weight is 290 g/mol.